The lowest BCUT2D eigenvalue weighted by Gasteiger charge is -2.18. The summed E-state index contributed by atoms with van der Waals surface area (Å²) in [5.41, 5.74) is 1.94. The minimum absolute atomic E-state index is 0.0704. The van der Waals surface area contributed by atoms with E-state index in [9.17, 15) is 8.42 Å². The Balaban J connectivity index is 2.10. The van der Waals surface area contributed by atoms with Crippen LogP contribution in [0.5, 0.6) is 0 Å². The number of halogens is 1. The first-order valence-corrected chi connectivity index (χ1v) is 9.64. The summed E-state index contributed by atoms with van der Waals surface area (Å²) in [6.07, 6.45) is -0.479. The van der Waals surface area contributed by atoms with Crippen molar-refractivity contribution in [2.75, 3.05) is 19.8 Å². The number of sulfonamides is 1. The first-order valence-electron chi connectivity index (χ1n) is 6.96. The Labute approximate surface area is 144 Å². The first-order chi connectivity index (χ1) is 10.9. The molecule has 5 nitrogen and oxygen atoms in total. The molecule has 0 unspecified atom stereocenters. The monoisotopic (exact) mass is 375 g/mol. The fourth-order valence-electron chi connectivity index (χ4n) is 1.95. The SMILES string of the molecule is Cc1ccc([C@@H](CNS(=O)(=O)c2ccc(Cl)s2)OCCO)cc1. The van der Waals surface area contributed by atoms with Crippen LogP contribution in [0.3, 0.4) is 0 Å². The zero-order chi connectivity index (χ0) is 16.9. The Morgan fingerprint density at radius 2 is 1.96 bits per heavy atom. The third-order valence-corrected chi connectivity index (χ3v) is 6.28. The second-order valence-electron chi connectivity index (χ2n) is 4.90. The molecule has 1 atom stereocenters. The largest absolute Gasteiger partial charge is 0.394 e. The molecule has 23 heavy (non-hydrogen) atoms. The van der Waals surface area contributed by atoms with Gasteiger partial charge in [0.25, 0.3) is 0 Å². The summed E-state index contributed by atoms with van der Waals surface area (Å²) < 4.78 is 33.1. The molecule has 0 aliphatic rings. The van der Waals surface area contributed by atoms with Gasteiger partial charge in [-0.05, 0) is 24.6 Å². The maximum atomic E-state index is 12.2. The molecule has 2 rings (SSSR count). The number of hydrogen-bond acceptors (Lipinski definition) is 5. The molecule has 126 valence electrons. The number of aryl methyl sites for hydroxylation is 1. The molecule has 0 saturated heterocycles. The van der Waals surface area contributed by atoms with Crippen LogP contribution in [0.25, 0.3) is 0 Å². The second-order valence-corrected chi connectivity index (χ2v) is 8.61. The number of aliphatic hydroxyl groups excluding tert-OH is 1. The van der Waals surface area contributed by atoms with Gasteiger partial charge in [0.2, 0.25) is 10.0 Å². The Morgan fingerprint density at radius 1 is 1.26 bits per heavy atom. The third-order valence-electron chi connectivity index (χ3n) is 3.13. The van der Waals surface area contributed by atoms with Crippen LogP contribution in [-0.2, 0) is 14.8 Å². The van der Waals surface area contributed by atoms with E-state index in [0.29, 0.717) is 4.34 Å². The van der Waals surface area contributed by atoms with Gasteiger partial charge < -0.3 is 9.84 Å². The topological polar surface area (TPSA) is 75.6 Å². The molecule has 1 aromatic heterocycles. The third kappa shape index (κ3) is 5.27. The summed E-state index contributed by atoms with van der Waals surface area (Å²) >= 11 is 6.78. The summed E-state index contributed by atoms with van der Waals surface area (Å²) in [4.78, 5) is 0. The van der Waals surface area contributed by atoms with Gasteiger partial charge in [0, 0.05) is 6.54 Å². The van der Waals surface area contributed by atoms with Gasteiger partial charge in [-0.1, -0.05) is 41.4 Å². The molecule has 0 bridgehead atoms. The van der Waals surface area contributed by atoms with E-state index in [4.69, 9.17) is 21.4 Å². The fraction of sp³-hybridized carbons (Fsp3) is 0.333. The molecule has 0 spiro atoms. The van der Waals surface area contributed by atoms with Crippen LogP contribution in [0, 0.1) is 6.92 Å². The second kappa shape index (κ2) is 8.23. The number of hydrogen-bond donors (Lipinski definition) is 2. The van der Waals surface area contributed by atoms with Crippen LogP contribution >= 0.6 is 22.9 Å². The van der Waals surface area contributed by atoms with E-state index >= 15 is 0 Å². The number of ether oxygens (including phenoxy) is 1. The van der Waals surface area contributed by atoms with Gasteiger partial charge in [0.1, 0.15) is 4.21 Å². The van der Waals surface area contributed by atoms with Gasteiger partial charge in [-0.2, -0.15) is 0 Å². The summed E-state index contributed by atoms with van der Waals surface area (Å²) in [6.45, 7) is 2.04. The lowest BCUT2D eigenvalue weighted by atomic mass is 10.1. The zero-order valence-electron chi connectivity index (χ0n) is 12.5. The lowest BCUT2D eigenvalue weighted by molar-refractivity contribution is 0.0309. The standard InChI is InChI=1S/C15H18ClNO4S2/c1-11-2-4-12(5-3-11)13(21-9-8-18)10-17-23(19,20)15-7-6-14(16)22-15/h2-7,13,17-18H,8-10H2,1H3/t13-/m1/s1. The Bertz CT molecular complexity index is 728. The van der Waals surface area contributed by atoms with E-state index in [1.165, 1.54) is 6.07 Å². The van der Waals surface area contributed by atoms with Crippen molar-refractivity contribution >= 4 is 33.0 Å². The highest BCUT2D eigenvalue weighted by molar-refractivity contribution is 7.91. The average molecular weight is 376 g/mol. The van der Waals surface area contributed by atoms with Crippen LogP contribution in [0.4, 0.5) is 0 Å². The summed E-state index contributed by atoms with van der Waals surface area (Å²) in [5, 5.41) is 8.94. The molecule has 0 aliphatic heterocycles. The predicted molar refractivity (Wildman–Crippen MR) is 91.5 cm³/mol. The quantitative estimate of drug-likeness (QED) is 0.743. The van der Waals surface area contributed by atoms with Crippen LogP contribution in [0.2, 0.25) is 4.34 Å². The van der Waals surface area contributed by atoms with Crippen molar-refractivity contribution < 1.29 is 18.3 Å². The summed E-state index contributed by atoms with van der Waals surface area (Å²) in [6, 6.07) is 10.6. The molecular formula is C15H18ClNO4S2. The number of thiophene rings is 1. The lowest BCUT2D eigenvalue weighted by Crippen LogP contribution is -2.29. The number of rotatable bonds is 8. The molecule has 0 saturated carbocycles. The van der Waals surface area contributed by atoms with E-state index in [0.717, 1.165) is 22.5 Å². The minimum atomic E-state index is -3.63. The normalized spacial score (nSPS) is 13.2. The molecule has 8 heteroatoms. The van der Waals surface area contributed by atoms with Gasteiger partial charge in [-0.3, -0.25) is 0 Å². The fourth-order valence-corrected chi connectivity index (χ4v) is 4.51. The van der Waals surface area contributed by atoms with E-state index in [1.54, 1.807) is 6.07 Å². The van der Waals surface area contributed by atoms with Crippen molar-refractivity contribution in [3.8, 4) is 0 Å². The number of nitrogens with one attached hydrogen (secondary N) is 1. The van der Waals surface area contributed by atoms with E-state index in [2.05, 4.69) is 4.72 Å². The Kier molecular flexibility index (Phi) is 6.58. The van der Waals surface area contributed by atoms with E-state index < -0.39 is 16.1 Å². The van der Waals surface area contributed by atoms with Crippen LogP contribution in [-0.4, -0.2) is 33.3 Å². The molecule has 0 amide bonds. The molecule has 0 aliphatic carbocycles. The van der Waals surface area contributed by atoms with Crippen molar-refractivity contribution in [1.82, 2.24) is 4.72 Å². The average Bonchev–Trinajstić information content (AvgIpc) is 2.96. The molecule has 2 aromatic rings. The Hall–Kier alpha value is -0.960. The van der Waals surface area contributed by atoms with E-state index in [1.807, 2.05) is 31.2 Å². The molecular weight excluding hydrogens is 358 g/mol. The highest BCUT2D eigenvalue weighted by atomic mass is 35.5. The van der Waals surface area contributed by atoms with Crippen LogP contribution in [0.1, 0.15) is 17.2 Å². The maximum Gasteiger partial charge on any atom is 0.250 e. The summed E-state index contributed by atoms with van der Waals surface area (Å²) in [5.74, 6) is 0. The highest BCUT2D eigenvalue weighted by Gasteiger charge is 2.20. The Morgan fingerprint density at radius 3 is 2.52 bits per heavy atom. The predicted octanol–water partition coefficient (Wildman–Crippen LogP) is 2.74. The number of benzene rings is 1. The van der Waals surface area contributed by atoms with Crippen molar-refractivity contribution in [2.45, 2.75) is 17.2 Å². The molecule has 1 aromatic carbocycles. The molecule has 0 fully saturated rings. The van der Waals surface area contributed by atoms with Gasteiger partial charge >= 0.3 is 0 Å². The minimum Gasteiger partial charge on any atom is -0.394 e. The molecule has 0 radical (unpaired) electrons. The smallest absolute Gasteiger partial charge is 0.250 e. The maximum absolute atomic E-state index is 12.2. The molecule has 2 N–H and O–H groups in total. The van der Waals surface area contributed by atoms with Gasteiger partial charge in [0.05, 0.1) is 23.7 Å². The molecule has 1 heterocycles. The first kappa shape index (κ1) is 18.4. The van der Waals surface area contributed by atoms with Gasteiger partial charge in [-0.15, -0.1) is 11.3 Å². The van der Waals surface area contributed by atoms with Gasteiger partial charge in [0.15, 0.2) is 0 Å². The van der Waals surface area contributed by atoms with Crippen LogP contribution in [0.15, 0.2) is 40.6 Å². The van der Waals surface area contributed by atoms with Crippen molar-refractivity contribution in [3.63, 3.8) is 0 Å². The number of aliphatic hydroxyl groups is 1. The van der Waals surface area contributed by atoms with E-state index in [-0.39, 0.29) is 24.0 Å². The zero-order valence-corrected chi connectivity index (χ0v) is 14.9. The highest BCUT2D eigenvalue weighted by Crippen LogP contribution is 2.26. The van der Waals surface area contributed by atoms with Crippen molar-refractivity contribution in [2.24, 2.45) is 0 Å². The van der Waals surface area contributed by atoms with Crippen LogP contribution < -0.4 is 4.72 Å². The van der Waals surface area contributed by atoms with Gasteiger partial charge in [-0.25, -0.2) is 13.1 Å². The van der Waals surface area contributed by atoms with Crippen molar-refractivity contribution in [1.29, 1.82) is 0 Å². The summed E-state index contributed by atoms with van der Waals surface area (Å²) in [7, 11) is -3.63. The van der Waals surface area contributed by atoms with Crippen molar-refractivity contribution in [3.05, 3.63) is 51.9 Å².